The van der Waals surface area contributed by atoms with Gasteiger partial charge in [0.1, 0.15) is 0 Å². The SMILES string of the molecule is C[Si](C)(C)c1ccc(-c2cccc3[cH-]c(CC4C5CC6CC(C5)CC4C6)cc23)cc1.[Zr]. The molecule has 0 radical (unpaired) electrons. The third kappa shape index (κ3) is 4.02. The summed E-state index contributed by atoms with van der Waals surface area (Å²) in [5.41, 5.74) is 4.37. The molecule has 4 bridgehead atoms. The third-order valence-electron chi connectivity index (χ3n) is 8.77. The Morgan fingerprint density at radius 3 is 2.10 bits per heavy atom. The van der Waals surface area contributed by atoms with Crippen molar-refractivity contribution in [1.82, 2.24) is 0 Å². The van der Waals surface area contributed by atoms with Crippen LogP contribution >= 0.6 is 0 Å². The quantitative estimate of drug-likeness (QED) is 0.258. The van der Waals surface area contributed by atoms with E-state index in [1.165, 1.54) is 54.0 Å². The topological polar surface area (TPSA) is 0 Å². The molecule has 0 amide bonds. The maximum absolute atomic E-state index is 2.53. The summed E-state index contributed by atoms with van der Waals surface area (Å²) in [5.74, 6) is 5.15. The maximum Gasteiger partial charge on any atom is 0.0775 e. The second-order valence-corrected chi connectivity index (χ2v) is 16.9. The average molecular weight is 503 g/mol. The predicted octanol–water partition coefficient (Wildman–Crippen LogP) is 7.38. The summed E-state index contributed by atoms with van der Waals surface area (Å²) < 4.78 is 0. The zero-order valence-corrected chi connectivity index (χ0v) is 22.8. The van der Waals surface area contributed by atoms with Gasteiger partial charge in [-0.3, -0.25) is 0 Å². The van der Waals surface area contributed by atoms with E-state index in [4.69, 9.17) is 0 Å². The number of hydrogen-bond donors (Lipinski definition) is 0. The standard InChI is InChI=1S/C29H35Si.Zr/c1-30(2,3)26-9-7-22(8-10-26)27-6-4-5-23-12-21(18-29(23)27)17-28-24-13-19-11-20(15-24)16-25(28)14-19;/h4-10,12,18-20,24-25,28H,11,13-17H2,1-3H3;/q-1;. The fourth-order valence-corrected chi connectivity index (χ4v) is 8.63. The van der Waals surface area contributed by atoms with Crippen molar-refractivity contribution in [3.63, 3.8) is 0 Å². The van der Waals surface area contributed by atoms with E-state index in [-0.39, 0.29) is 26.2 Å². The van der Waals surface area contributed by atoms with Crippen LogP contribution in [0.4, 0.5) is 0 Å². The van der Waals surface area contributed by atoms with Crippen molar-refractivity contribution in [2.24, 2.45) is 29.6 Å². The van der Waals surface area contributed by atoms with E-state index in [1.807, 2.05) is 0 Å². The van der Waals surface area contributed by atoms with Crippen LogP contribution in [0.5, 0.6) is 0 Å². The molecule has 3 aromatic rings. The summed E-state index contributed by atoms with van der Waals surface area (Å²) in [7, 11) is -1.25. The van der Waals surface area contributed by atoms with Crippen LogP contribution in [0, 0.1) is 29.6 Å². The minimum absolute atomic E-state index is 0. The molecule has 0 spiro atoms. The van der Waals surface area contributed by atoms with Gasteiger partial charge in [0.2, 0.25) is 0 Å². The molecule has 4 saturated carbocycles. The predicted molar refractivity (Wildman–Crippen MR) is 132 cm³/mol. The van der Waals surface area contributed by atoms with E-state index < -0.39 is 8.07 Å². The van der Waals surface area contributed by atoms with Gasteiger partial charge in [-0.05, 0) is 73.7 Å². The van der Waals surface area contributed by atoms with Gasteiger partial charge in [-0.2, -0.15) is 6.07 Å². The first-order valence-electron chi connectivity index (χ1n) is 12.2. The van der Waals surface area contributed by atoms with Crippen LogP contribution in [0.3, 0.4) is 0 Å². The van der Waals surface area contributed by atoms with Crippen molar-refractivity contribution in [3.8, 4) is 11.1 Å². The Balaban J connectivity index is 0.00000204. The van der Waals surface area contributed by atoms with Crippen molar-refractivity contribution in [1.29, 1.82) is 0 Å². The molecule has 4 aliphatic carbocycles. The maximum atomic E-state index is 2.53. The van der Waals surface area contributed by atoms with Crippen LogP contribution in [0.2, 0.25) is 19.6 Å². The Bertz CT molecular complexity index is 1040. The van der Waals surface area contributed by atoms with Crippen molar-refractivity contribution in [2.45, 2.75) is 58.2 Å². The minimum Gasteiger partial charge on any atom is -0.164 e. The minimum atomic E-state index is -1.25. The van der Waals surface area contributed by atoms with E-state index in [2.05, 4.69) is 74.2 Å². The monoisotopic (exact) mass is 501 g/mol. The van der Waals surface area contributed by atoms with Crippen molar-refractivity contribution in [3.05, 3.63) is 60.2 Å². The number of fused-ring (bicyclic) bond motifs is 1. The van der Waals surface area contributed by atoms with E-state index in [1.54, 1.807) is 17.2 Å². The zero-order chi connectivity index (χ0) is 20.5. The van der Waals surface area contributed by atoms with Crippen molar-refractivity contribution >= 4 is 24.0 Å². The smallest absolute Gasteiger partial charge is 0.0775 e. The molecule has 0 unspecified atom stereocenters. The first kappa shape index (κ1) is 22.0. The Labute approximate surface area is 208 Å². The molecule has 2 heteroatoms. The van der Waals surface area contributed by atoms with Gasteiger partial charge in [-0.1, -0.05) is 60.7 Å². The molecule has 0 saturated heterocycles. The Morgan fingerprint density at radius 2 is 1.48 bits per heavy atom. The Morgan fingerprint density at radius 1 is 0.839 bits per heavy atom. The van der Waals surface area contributed by atoms with E-state index in [0.29, 0.717) is 0 Å². The molecular weight excluding hydrogens is 468 g/mol. The molecule has 160 valence electrons. The first-order chi connectivity index (χ1) is 14.4. The fraction of sp³-hybridized carbons (Fsp3) is 0.483. The van der Waals surface area contributed by atoms with Crippen LogP contribution in [-0.2, 0) is 32.6 Å². The number of rotatable bonds is 4. The molecule has 0 N–H and O–H groups in total. The molecule has 0 nitrogen and oxygen atoms in total. The normalized spacial score (nSPS) is 29.3. The molecule has 4 fully saturated rings. The molecular formula is C29H35SiZr-. The van der Waals surface area contributed by atoms with Crippen LogP contribution in [0.1, 0.15) is 37.7 Å². The van der Waals surface area contributed by atoms with Gasteiger partial charge in [-0.25, -0.2) is 0 Å². The third-order valence-corrected chi connectivity index (χ3v) is 10.8. The fourth-order valence-electron chi connectivity index (χ4n) is 7.46. The van der Waals surface area contributed by atoms with Gasteiger partial charge >= 0.3 is 0 Å². The molecule has 31 heavy (non-hydrogen) atoms. The second kappa shape index (κ2) is 8.18. The van der Waals surface area contributed by atoms with Crippen LogP contribution in [0.15, 0.2) is 54.6 Å². The summed E-state index contributed by atoms with van der Waals surface area (Å²) >= 11 is 0. The van der Waals surface area contributed by atoms with E-state index >= 15 is 0 Å². The molecule has 0 aromatic heterocycles. The van der Waals surface area contributed by atoms with Crippen LogP contribution < -0.4 is 5.19 Å². The average Bonchev–Trinajstić information content (AvgIpc) is 3.12. The van der Waals surface area contributed by atoms with Crippen LogP contribution in [-0.4, -0.2) is 8.07 Å². The largest absolute Gasteiger partial charge is 0.164 e. The van der Waals surface area contributed by atoms with Gasteiger partial charge in [-0.15, -0.1) is 34.5 Å². The van der Waals surface area contributed by atoms with Gasteiger partial charge < -0.3 is 0 Å². The summed E-state index contributed by atoms with van der Waals surface area (Å²) in [6, 6.07) is 21.4. The summed E-state index contributed by atoms with van der Waals surface area (Å²) in [4.78, 5) is 0. The summed E-state index contributed by atoms with van der Waals surface area (Å²) in [6.45, 7) is 7.28. The Kier molecular flexibility index (Phi) is 5.79. The first-order valence-corrected chi connectivity index (χ1v) is 15.7. The summed E-state index contributed by atoms with van der Waals surface area (Å²) in [5, 5.41) is 4.43. The molecule has 0 aliphatic heterocycles. The molecule has 0 atom stereocenters. The van der Waals surface area contributed by atoms with Gasteiger partial charge in [0.15, 0.2) is 0 Å². The van der Waals surface area contributed by atoms with Crippen molar-refractivity contribution in [2.75, 3.05) is 0 Å². The van der Waals surface area contributed by atoms with E-state index in [0.717, 1.165) is 29.6 Å². The van der Waals surface area contributed by atoms with Gasteiger partial charge in [0.05, 0.1) is 8.07 Å². The van der Waals surface area contributed by atoms with E-state index in [9.17, 15) is 0 Å². The van der Waals surface area contributed by atoms with Crippen LogP contribution in [0.25, 0.3) is 21.9 Å². The van der Waals surface area contributed by atoms with Crippen molar-refractivity contribution < 1.29 is 26.2 Å². The van der Waals surface area contributed by atoms with Gasteiger partial charge in [0.25, 0.3) is 0 Å². The zero-order valence-electron chi connectivity index (χ0n) is 19.3. The Hall–Kier alpha value is -0.850. The second-order valence-electron chi connectivity index (χ2n) is 11.8. The molecule has 7 rings (SSSR count). The number of benzene rings is 2. The molecule has 4 aliphatic rings. The molecule has 0 heterocycles. The molecule has 3 aromatic carbocycles. The van der Waals surface area contributed by atoms with Gasteiger partial charge in [0, 0.05) is 26.2 Å². The summed E-state index contributed by atoms with van der Waals surface area (Å²) in [6.07, 6.45) is 9.01. The number of hydrogen-bond acceptors (Lipinski definition) is 0.